The Morgan fingerprint density at radius 2 is 1.57 bits per heavy atom. The van der Waals surface area contributed by atoms with Gasteiger partial charge in [-0.15, -0.1) is 0 Å². The maximum atomic E-state index is 11.8. The van der Waals surface area contributed by atoms with E-state index in [9.17, 15) is 9.90 Å². The molecule has 3 nitrogen and oxygen atoms in total. The van der Waals surface area contributed by atoms with Crippen molar-refractivity contribution in [2.75, 3.05) is 7.11 Å². The Morgan fingerprint density at radius 3 is 2.00 bits per heavy atom. The average Bonchev–Trinajstić information content (AvgIpc) is 2.61. The van der Waals surface area contributed by atoms with E-state index in [2.05, 4.69) is 0 Å². The number of aliphatic hydroxyl groups is 1. The topological polar surface area (TPSA) is 46.5 Å². The highest BCUT2D eigenvalue weighted by molar-refractivity contribution is 5.81. The normalized spacial score (nSPS) is 22.8. The van der Waals surface area contributed by atoms with Crippen molar-refractivity contribution in [1.82, 2.24) is 0 Å². The quantitative estimate of drug-likeness (QED) is 0.882. The third kappa shape index (κ3) is 3.20. The van der Waals surface area contributed by atoms with Crippen molar-refractivity contribution in [1.29, 1.82) is 0 Å². The first-order valence-corrected chi connectivity index (χ1v) is 7.79. The predicted octanol–water partition coefficient (Wildman–Crippen LogP) is 3.29. The minimum absolute atomic E-state index is 0.210. The van der Waals surface area contributed by atoms with Gasteiger partial charge in [-0.3, -0.25) is 4.79 Å². The summed E-state index contributed by atoms with van der Waals surface area (Å²) in [6.45, 7) is 0. The predicted molar refractivity (Wildman–Crippen MR) is 89.6 cm³/mol. The molecule has 0 aromatic heterocycles. The van der Waals surface area contributed by atoms with Crippen LogP contribution in [-0.2, 0) is 9.53 Å². The highest BCUT2D eigenvalue weighted by Gasteiger charge is 2.44. The average molecular weight is 308 g/mol. The molecule has 0 unspecified atom stereocenters. The summed E-state index contributed by atoms with van der Waals surface area (Å²) in [7, 11) is 1.39. The SMILES string of the molecule is COC(=O)[C@@H]1C[C@H](O)[C@@H]1C=C(c1ccccc1)c1ccccc1. The van der Waals surface area contributed by atoms with Gasteiger partial charge in [-0.05, 0) is 23.1 Å². The third-order valence-electron chi connectivity index (χ3n) is 4.44. The number of methoxy groups -OCH3 is 1. The fraction of sp³-hybridized carbons (Fsp3) is 0.250. The van der Waals surface area contributed by atoms with Gasteiger partial charge in [0.15, 0.2) is 0 Å². The Labute approximate surface area is 136 Å². The number of benzene rings is 2. The van der Waals surface area contributed by atoms with Crippen molar-refractivity contribution in [2.24, 2.45) is 11.8 Å². The van der Waals surface area contributed by atoms with Crippen LogP contribution in [0, 0.1) is 11.8 Å². The summed E-state index contributed by atoms with van der Waals surface area (Å²) >= 11 is 0. The van der Waals surface area contributed by atoms with E-state index in [1.165, 1.54) is 7.11 Å². The lowest BCUT2D eigenvalue weighted by molar-refractivity contribution is -0.156. The molecule has 0 spiro atoms. The van der Waals surface area contributed by atoms with E-state index in [1.807, 2.05) is 66.7 Å². The molecule has 1 aliphatic rings. The smallest absolute Gasteiger partial charge is 0.309 e. The van der Waals surface area contributed by atoms with Gasteiger partial charge >= 0.3 is 5.97 Å². The van der Waals surface area contributed by atoms with Gasteiger partial charge in [0.25, 0.3) is 0 Å². The number of rotatable bonds is 4. The molecular weight excluding hydrogens is 288 g/mol. The number of carbonyl (C=O) groups is 1. The maximum absolute atomic E-state index is 11.8. The van der Waals surface area contributed by atoms with E-state index in [1.54, 1.807) is 0 Å². The van der Waals surface area contributed by atoms with Gasteiger partial charge in [-0.1, -0.05) is 66.7 Å². The first-order chi connectivity index (χ1) is 11.2. The fourth-order valence-corrected chi connectivity index (χ4v) is 3.07. The molecule has 1 saturated carbocycles. The Morgan fingerprint density at radius 1 is 1.04 bits per heavy atom. The molecule has 0 heterocycles. The van der Waals surface area contributed by atoms with Gasteiger partial charge < -0.3 is 9.84 Å². The number of hydrogen-bond donors (Lipinski definition) is 1. The summed E-state index contributed by atoms with van der Waals surface area (Å²) in [6.07, 6.45) is 1.98. The molecule has 23 heavy (non-hydrogen) atoms. The maximum Gasteiger partial charge on any atom is 0.309 e. The van der Waals surface area contributed by atoms with Gasteiger partial charge in [-0.25, -0.2) is 0 Å². The van der Waals surface area contributed by atoms with Crippen molar-refractivity contribution in [2.45, 2.75) is 12.5 Å². The zero-order valence-corrected chi connectivity index (χ0v) is 13.1. The zero-order valence-electron chi connectivity index (χ0n) is 13.1. The van der Waals surface area contributed by atoms with Gasteiger partial charge in [0, 0.05) is 5.92 Å². The fourth-order valence-electron chi connectivity index (χ4n) is 3.07. The van der Waals surface area contributed by atoms with Crippen LogP contribution in [0.4, 0.5) is 0 Å². The first kappa shape index (κ1) is 15.5. The standard InChI is InChI=1S/C20H20O3/c1-23-20(22)18-13-19(21)17(18)12-16(14-8-4-2-5-9-14)15-10-6-3-7-11-15/h2-12,17-19,21H,13H2,1H3/t17-,18-,19+/m1/s1. The van der Waals surface area contributed by atoms with Gasteiger partial charge in [-0.2, -0.15) is 0 Å². The molecule has 3 heteroatoms. The van der Waals surface area contributed by atoms with Crippen molar-refractivity contribution < 1.29 is 14.6 Å². The van der Waals surface area contributed by atoms with Crippen LogP contribution in [0.3, 0.4) is 0 Å². The van der Waals surface area contributed by atoms with Crippen LogP contribution >= 0.6 is 0 Å². The van der Waals surface area contributed by atoms with E-state index in [0.29, 0.717) is 6.42 Å². The molecule has 3 atom stereocenters. The molecule has 2 aromatic rings. The highest BCUT2D eigenvalue weighted by atomic mass is 16.5. The van der Waals surface area contributed by atoms with Crippen molar-refractivity contribution in [3.8, 4) is 0 Å². The van der Waals surface area contributed by atoms with E-state index in [-0.39, 0.29) is 17.8 Å². The van der Waals surface area contributed by atoms with E-state index in [4.69, 9.17) is 4.74 Å². The monoisotopic (exact) mass is 308 g/mol. The molecule has 2 aromatic carbocycles. The molecule has 0 radical (unpaired) electrons. The lowest BCUT2D eigenvalue weighted by atomic mass is 9.69. The first-order valence-electron chi connectivity index (χ1n) is 7.79. The minimum Gasteiger partial charge on any atom is -0.469 e. The Balaban J connectivity index is 2.00. The second-order valence-electron chi connectivity index (χ2n) is 5.82. The molecule has 3 rings (SSSR count). The molecule has 0 aliphatic heterocycles. The molecular formula is C20H20O3. The lowest BCUT2D eigenvalue weighted by Gasteiger charge is -2.38. The lowest BCUT2D eigenvalue weighted by Crippen LogP contribution is -2.45. The summed E-state index contributed by atoms with van der Waals surface area (Å²) in [5, 5.41) is 10.1. The number of carbonyl (C=O) groups excluding carboxylic acids is 1. The summed E-state index contributed by atoms with van der Waals surface area (Å²) in [6, 6.07) is 20.1. The highest BCUT2D eigenvalue weighted by Crippen LogP contribution is 2.39. The second-order valence-corrected chi connectivity index (χ2v) is 5.82. The summed E-state index contributed by atoms with van der Waals surface area (Å²) in [5.41, 5.74) is 3.17. The zero-order chi connectivity index (χ0) is 16.2. The Bertz CT molecular complexity index is 650. The van der Waals surface area contributed by atoms with Crippen molar-refractivity contribution >= 4 is 11.5 Å². The van der Waals surface area contributed by atoms with Crippen LogP contribution in [0.15, 0.2) is 66.7 Å². The number of ether oxygens (including phenoxy) is 1. The Kier molecular flexibility index (Phi) is 4.58. The largest absolute Gasteiger partial charge is 0.469 e. The van der Waals surface area contributed by atoms with Crippen LogP contribution in [0.1, 0.15) is 17.5 Å². The van der Waals surface area contributed by atoms with Crippen LogP contribution < -0.4 is 0 Å². The molecule has 0 bridgehead atoms. The van der Waals surface area contributed by atoms with Crippen molar-refractivity contribution in [3.05, 3.63) is 77.9 Å². The molecule has 0 amide bonds. The van der Waals surface area contributed by atoms with Crippen LogP contribution in [0.5, 0.6) is 0 Å². The number of hydrogen-bond acceptors (Lipinski definition) is 3. The second kappa shape index (κ2) is 6.80. The Hall–Kier alpha value is -2.39. The van der Waals surface area contributed by atoms with Crippen LogP contribution in [0.2, 0.25) is 0 Å². The van der Waals surface area contributed by atoms with E-state index in [0.717, 1.165) is 16.7 Å². The third-order valence-corrected chi connectivity index (χ3v) is 4.44. The number of aliphatic hydroxyl groups excluding tert-OH is 1. The van der Waals surface area contributed by atoms with Gasteiger partial charge in [0.2, 0.25) is 0 Å². The molecule has 0 saturated heterocycles. The van der Waals surface area contributed by atoms with Gasteiger partial charge in [0.05, 0.1) is 19.1 Å². The van der Waals surface area contributed by atoms with E-state index >= 15 is 0 Å². The summed E-state index contributed by atoms with van der Waals surface area (Å²) in [5.74, 6) is -0.729. The number of esters is 1. The molecule has 118 valence electrons. The molecule has 1 aliphatic carbocycles. The van der Waals surface area contributed by atoms with E-state index < -0.39 is 6.10 Å². The van der Waals surface area contributed by atoms with Gasteiger partial charge in [0.1, 0.15) is 0 Å². The molecule has 1 N–H and O–H groups in total. The summed E-state index contributed by atoms with van der Waals surface area (Å²) < 4.78 is 4.85. The van der Waals surface area contributed by atoms with Crippen LogP contribution in [0.25, 0.3) is 5.57 Å². The minimum atomic E-state index is -0.499. The molecule has 1 fully saturated rings. The van der Waals surface area contributed by atoms with Crippen molar-refractivity contribution in [3.63, 3.8) is 0 Å². The summed E-state index contributed by atoms with van der Waals surface area (Å²) in [4.78, 5) is 11.8. The van der Waals surface area contributed by atoms with Crippen LogP contribution in [-0.4, -0.2) is 24.3 Å².